The second-order valence-electron chi connectivity index (χ2n) is 3.47. The monoisotopic (exact) mass is 264 g/mol. The van der Waals surface area contributed by atoms with Crippen LogP contribution in [0.1, 0.15) is 0 Å². The maximum absolute atomic E-state index is 11.6. The van der Waals surface area contributed by atoms with E-state index in [4.69, 9.17) is 4.42 Å². The van der Waals surface area contributed by atoms with Crippen molar-refractivity contribution in [2.24, 2.45) is 0 Å². The Balaban J connectivity index is 2.57. The van der Waals surface area contributed by atoms with Gasteiger partial charge in [0.2, 0.25) is 0 Å². The molecule has 0 radical (unpaired) electrons. The lowest BCUT2D eigenvalue weighted by Crippen LogP contribution is -2.33. The average molecular weight is 264 g/mol. The van der Waals surface area contributed by atoms with Crippen LogP contribution in [0.4, 0.5) is 5.88 Å². The van der Waals surface area contributed by atoms with E-state index >= 15 is 0 Å². The molecule has 0 amide bonds. The van der Waals surface area contributed by atoms with E-state index in [2.05, 4.69) is 11.7 Å². The molecule has 0 unspecified atom stereocenters. The van der Waals surface area contributed by atoms with Gasteiger partial charge in [0.1, 0.15) is 4.92 Å². The number of hydrogen-bond donors (Lipinski definition) is 1. The Morgan fingerprint density at radius 2 is 2.26 bits per heavy atom. The summed E-state index contributed by atoms with van der Waals surface area (Å²) in [5.41, 5.74) is -1.70. The zero-order valence-corrected chi connectivity index (χ0v) is 9.53. The molecule has 19 heavy (non-hydrogen) atoms. The summed E-state index contributed by atoms with van der Waals surface area (Å²) in [5.74, 6) is -0.608. The zero-order chi connectivity index (χ0) is 14.0. The van der Waals surface area contributed by atoms with Crippen LogP contribution in [0.25, 0.3) is 11.5 Å². The summed E-state index contributed by atoms with van der Waals surface area (Å²) in [7, 11) is 0. The topological polar surface area (TPSA) is 124 Å². The van der Waals surface area contributed by atoms with E-state index < -0.39 is 22.1 Å². The van der Waals surface area contributed by atoms with Crippen LogP contribution in [0.3, 0.4) is 0 Å². The quantitative estimate of drug-likeness (QED) is 0.480. The van der Waals surface area contributed by atoms with Crippen LogP contribution in [-0.4, -0.2) is 19.7 Å². The second-order valence-corrected chi connectivity index (χ2v) is 3.47. The predicted molar refractivity (Wildman–Crippen MR) is 63.7 cm³/mol. The third kappa shape index (κ3) is 2.34. The van der Waals surface area contributed by atoms with E-state index in [1.807, 2.05) is 4.98 Å². The first-order chi connectivity index (χ1) is 9.02. The number of hydrogen-bond acceptors (Lipinski definition) is 6. The number of nitro groups is 1. The number of aromatic nitrogens is 3. The Labute approximate surface area is 105 Å². The molecule has 9 nitrogen and oxygen atoms in total. The molecule has 0 aromatic carbocycles. The molecule has 0 bridgehead atoms. The van der Waals surface area contributed by atoms with Gasteiger partial charge >= 0.3 is 11.6 Å². The largest absolute Gasteiger partial charge is 0.433 e. The predicted octanol–water partition coefficient (Wildman–Crippen LogP) is 0.286. The van der Waals surface area contributed by atoms with Crippen LogP contribution in [-0.2, 0) is 6.54 Å². The third-order valence-corrected chi connectivity index (χ3v) is 2.20. The lowest BCUT2D eigenvalue weighted by molar-refractivity contribution is -0.401. The molecule has 0 aliphatic carbocycles. The summed E-state index contributed by atoms with van der Waals surface area (Å²) in [6, 6.07) is 2.33. The van der Waals surface area contributed by atoms with Crippen LogP contribution in [0.2, 0.25) is 0 Å². The van der Waals surface area contributed by atoms with Gasteiger partial charge in [-0.1, -0.05) is 6.08 Å². The molecule has 1 N–H and O–H groups in total. The molecule has 0 fully saturated rings. The average Bonchev–Trinajstić information content (AvgIpc) is 2.82. The highest BCUT2D eigenvalue weighted by Crippen LogP contribution is 2.21. The first kappa shape index (κ1) is 12.5. The van der Waals surface area contributed by atoms with Crippen molar-refractivity contribution in [2.45, 2.75) is 6.54 Å². The fourth-order valence-corrected chi connectivity index (χ4v) is 1.39. The number of nitrogens with zero attached hydrogens (tertiary/aromatic N) is 3. The Hall–Kier alpha value is -2.97. The van der Waals surface area contributed by atoms with Gasteiger partial charge in [-0.25, -0.2) is 9.48 Å². The van der Waals surface area contributed by atoms with Gasteiger partial charge < -0.3 is 4.42 Å². The van der Waals surface area contributed by atoms with Gasteiger partial charge in [0, 0.05) is 0 Å². The molecule has 0 atom stereocenters. The Morgan fingerprint density at radius 3 is 2.84 bits per heavy atom. The number of rotatable bonds is 4. The molecule has 0 saturated carbocycles. The lowest BCUT2D eigenvalue weighted by Gasteiger charge is -2.01. The van der Waals surface area contributed by atoms with E-state index in [0.29, 0.717) is 0 Å². The summed E-state index contributed by atoms with van der Waals surface area (Å²) in [6.45, 7) is 3.53. The summed E-state index contributed by atoms with van der Waals surface area (Å²) in [4.78, 5) is 34.8. The van der Waals surface area contributed by atoms with Crippen molar-refractivity contribution in [1.29, 1.82) is 0 Å². The SMILES string of the molecule is C=CCn1nc(-c2ccc([N+](=O)[O-])o2)c(=O)[nH]c1=O. The number of allylic oxidation sites excluding steroid dienone is 1. The van der Waals surface area contributed by atoms with Crippen LogP contribution in [0, 0.1) is 10.1 Å². The molecule has 2 rings (SSSR count). The highest BCUT2D eigenvalue weighted by atomic mass is 16.6. The smallest absolute Gasteiger partial charge is 0.399 e. The Bertz CT molecular complexity index is 754. The van der Waals surface area contributed by atoms with Crippen molar-refractivity contribution in [3.8, 4) is 11.5 Å². The molecule has 0 aliphatic rings. The molecule has 98 valence electrons. The molecule has 2 aromatic rings. The first-order valence-corrected chi connectivity index (χ1v) is 5.10. The third-order valence-electron chi connectivity index (χ3n) is 2.20. The highest BCUT2D eigenvalue weighted by molar-refractivity contribution is 5.51. The fraction of sp³-hybridized carbons (Fsp3) is 0.100. The summed E-state index contributed by atoms with van der Waals surface area (Å²) < 4.78 is 5.82. The summed E-state index contributed by atoms with van der Waals surface area (Å²) in [6.07, 6.45) is 1.42. The molecule has 2 heterocycles. The molecule has 0 spiro atoms. The fourth-order valence-electron chi connectivity index (χ4n) is 1.39. The van der Waals surface area contributed by atoms with Crippen LogP contribution >= 0.6 is 0 Å². The van der Waals surface area contributed by atoms with E-state index in [1.54, 1.807) is 0 Å². The number of H-pyrrole nitrogens is 1. The van der Waals surface area contributed by atoms with Crippen molar-refractivity contribution >= 4 is 5.88 Å². The number of aromatic amines is 1. The maximum atomic E-state index is 11.6. The molecular formula is C10H8N4O5. The number of nitrogens with one attached hydrogen (secondary N) is 1. The van der Waals surface area contributed by atoms with Gasteiger partial charge in [-0.15, -0.1) is 6.58 Å². The van der Waals surface area contributed by atoms with Crippen molar-refractivity contribution in [3.63, 3.8) is 0 Å². The lowest BCUT2D eigenvalue weighted by atomic mass is 10.3. The Morgan fingerprint density at radius 1 is 1.53 bits per heavy atom. The second kappa shape index (κ2) is 4.72. The van der Waals surface area contributed by atoms with Crippen molar-refractivity contribution in [3.05, 3.63) is 55.7 Å². The van der Waals surface area contributed by atoms with Crippen LogP contribution in [0.15, 0.2) is 38.8 Å². The number of furan rings is 1. The van der Waals surface area contributed by atoms with Gasteiger partial charge in [-0.3, -0.25) is 19.9 Å². The molecular weight excluding hydrogens is 256 g/mol. The minimum absolute atomic E-state index is 0.0887. The van der Waals surface area contributed by atoms with Gasteiger partial charge in [-0.05, 0) is 6.07 Å². The minimum Gasteiger partial charge on any atom is -0.399 e. The van der Waals surface area contributed by atoms with E-state index in [-0.39, 0.29) is 18.0 Å². The van der Waals surface area contributed by atoms with Gasteiger partial charge in [-0.2, -0.15) is 5.10 Å². The van der Waals surface area contributed by atoms with Crippen LogP contribution in [0.5, 0.6) is 0 Å². The van der Waals surface area contributed by atoms with Gasteiger partial charge in [0.25, 0.3) is 5.56 Å². The van der Waals surface area contributed by atoms with Crippen molar-refractivity contribution in [2.75, 3.05) is 0 Å². The van der Waals surface area contributed by atoms with Gasteiger partial charge in [0.15, 0.2) is 11.5 Å². The van der Waals surface area contributed by atoms with E-state index in [9.17, 15) is 19.7 Å². The van der Waals surface area contributed by atoms with Crippen LogP contribution < -0.4 is 11.2 Å². The van der Waals surface area contributed by atoms with E-state index in [0.717, 1.165) is 10.7 Å². The normalized spacial score (nSPS) is 10.3. The molecule has 2 aromatic heterocycles. The first-order valence-electron chi connectivity index (χ1n) is 5.10. The zero-order valence-electron chi connectivity index (χ0n) is 9.53. The van der Waals surface area contributed by atoms with Crippen molar-refractivity contribution < 1.29 is 9.34 Å². The highest BCUT2D eigenvalue weighted by Gasteiger charge is 2.17. The standard InChI is InChI=1S/C10H8N4O5/c1-2-5-13-10(16)11-9(15)8(12-13)6-3-4-7(19-6)14(17)18/h2-4H,1,5H2,(H,11,15,16). The summed E-state index contributed by atoms with van der Waals surface area (Å²) in [5, 5.41) is 14.3. The molecule has 0 aliphatic heterocycles. The van der Waals surface area contributed by atoms with Crippen molar-refractivity contribution in [1.82, 2.24) is 14.8 Å². The maximum Gasteiger partial charge on any atom is 0.433 e. The minimum atomic E-state index is -0.783. The van der Waals surface area contributed by atoms with E-state index in [1.165, 1.54) is 12.1 Å². The molecule has 9 heteroatoms. The summed E-state index contributed by atoms with van der Waals surface area (Å²) >= 11 is 0. The Kier molecular flexibility index (Phi) is 3.10. The molecule has 0 saturated heterocycles. The van der Waals surface area contributed by atoms with Gasteiger partial charge in [0.05, 0.1) is 12.6 Å².